The molecule has 1 N–H and O–H groups in total. The summed E-state index contributed by atoms with van der Waals surface area (Å²) < 4.78 is 10.3. The minimum absolute atomic E-state index is 0.149. The van der Waals surface area contributed by atoms with Gasteiger partial charge in [-0.15, -0.1) is 0 Å². The zero-order valence-electron chi connectivity index (χ0n) is 16.3. The summed E-state index contributed by atoms with van der Waals surface area (Å²) in [4.78, 5) is 39.4. The summed E-state index contributed by atoms with van der Waals surface area (Å²) in [7, 11) is 3.08. The lowest BCUT2D eigenvalue weighted by atomic mass is 10.1. The van der Waals surface area contributed by atoms with Crippen LogP contribution in [0.5, 0.6) is 11.5 Å². The highest BCUT2D eigenvalue weighted by atomic mass is 16.5. The van der Waals surface area contributed by atoms with Gasteiger partial charge in [-0.05, 0) is 54.6 Å². The summed E-state index contributed by atoms with van der Waals surface area (Å²) in [5, 5.41) is 0. The molecule has 2 aromatic heterocycles. The van der Waals surface area contributed by atoms with Crippen LogP contribution in [0.2, 0.25) is 0 Å². The zero-order valence-corrected chi connectivity index (χ0v) is 16.3. The molecule has 8 nitrogen and oxygen atoms in total. The Kier molecular flexibility index (Phi) is 5.13. The van der Waals surface area contributed by atoms with Crippen LogP contribution in [0.25, 0.3) is 11.0 Å². The average molecular weight is 402 g/mol. The molecule has 0 unspecified atom stereocenters. The molecule has 2 aromatic carbocycles. The molecule has 2 heterocycles. The standard InChI is InChI=1S/C22H18N4O4/c1-29-16-7-3-14(4-8-16)21(27)26(20-19-18(11-12-23-20)24-13-25-19)22(28)15-5-9-17(30-2)10-6-15/h3-13H,1-2H3,(H,24,25). The van der Waals surface area contributed by atoms with E-state index in [4.69, 9.17) is 9.47 Å². The monoisotopic (exact) mass is 402 g/mol. The second kappa shape index (κ2) is 8.04. The SMILES string of the molecule is COc1ccc(C(=O)N(C(=O)c2ccc(OC)cc2)c2nccc3[nH]cnc23)cc1. The van der Waals surface area contributed by atoms with E-state index < -0.39 is 11.8 Å². The number of carbonyl (C=O) groups excluding carboxylic acids is 2. The molecule has 0 aliphatic rings. The Hall–Kier alpha value is -4.20. The molecule has 4 aromatic rings. The molecule has 0 spiro atoms. The Morgan fingerprint density at radius 3 is 1.83 bits per heavy atom. The molecule has 8 heteroatoms. The number of hydrogen-bond acceptors (Lipinski definition) is 6. The van der Waals surface area contributed by atoms with E-state index in [1.165, 1.54) is 12.5 Å². The molecular formula is C22H18N4O4. The first-order chi connectivity index (χ1) is 14.6. The minimum atomic E-state index is -0.526. The lowest BCUT2D eigenvalue weighted by molar-refractivity contribution is 0.0897. The molecule has 150 valence electrons. The highest BCUT2D eigenvalue weighted by molar-refractivity contribution is 6.27. The molecule has 0 aliphatic heterocycles. The quantitative estimate of drug-likeness (QED) is 0.514. The van der Waals surface area contributed by atoms with E-state index in [1.54, 1.807) is 68.8 Å². The molecule has 0 bridgehead atoms. The van der Waals surface area contributed by atoms with E-state index in [2.05, 4.69) is 15.0 Å². The number of rotatable bonds is 5. The summed E-state index contributed by atoms with van der Waals surface area (Å²) in [6.07, 6.45) is 3.01. The van der Waals surface area contributed by atoms with Crippen molar-refractivity contribution in [2.24, 2.45) is 0 Å². The number of benzene rings is 2. The third kappa shape index (κ3) is 3.46. The third-order valence-corrected chi connectivity index (χ3v) is 4.61. The zero-order chi connectivity index (χ0) is 21.1. The van der Waals surface area contributed by atoms with Crippen molar-refractivity contribution in [1.82, 2.24) is 15.0 Å². The molecule has 0 saturated heterocycles. The van der Waals surface area contributed by atoms with E-state index in [1.807, 2.05) is 0 Å². The number of nitrogens with zero attached hydrogens (tertiary/aromatic N) is 3. The van der Waals surface area contributed by atoms with Gasteiger partial charge in [0.2, 0.25) is 0 Å². The van der Waals surface area contributed by atoms with Gasteiger partial charge in [-0.3, -0.25) is 9.59 Å². The summed E-state index contributed by atoms with van der Waals surface area (Å²) in [6, 6.07) is 14.7. The van der Waals surface area contributed by atoms with Gasteiger partial charge < -0.3 is 14.5 Å². The van der Waals surface area contributed by atoms with E-state index in [-0.39, 0.29) is 5.82 Å². The van der Waals surface area contributed by atoms with Gasteiger partial charge in [0.15, 0.2) is 5.82 Å². The number of pyridine rings is 1. The van der Waals surface area contributed by atoms with Crippen molar-refractivity contribution in [2.75, 3.05) is 19.1 Å². The first-order valence-electron chi connectivity index (χ1n) is 9.07. The number of nitrogens with one attached hydrogen (secondary N) is 1. The van der Waals surface area contributed by atoms with E-state index in [0.29, 0.717) is 33.7 Å². The second-order valence-electron chi connectivity index (χ2n) is 6.34. The van der Waals surface area contributed by atoms with Gasteiger partial charge >= 0.3 is 0 Å². The van der Waals surface area contributed by atoms with Gasteiger partial charge in [0.05, 0.1) is 26.1 Å². The van der Waals surface area contributed by atoms with Crippen LogP contribution < -0.4 is 14.4 Å². The predicted molar refractivity (Wildman–Crippen MR) is 111 cm³/mol. The first kappa shape index (κ1) is 19.1. The molecular weight excluding hydrogens is 384 g/mol. The van der Waals surface area contributed by atoms with E-state index in [0.717, 1.165) is 4.90 Å². The molecule has 0 fully saturated rings. The maximum Gasteiger partial charge on any atom is 0.266 e. The van der Waals surface area contributed by atoms with Gasteiger partial charge in [0, 0.05) is 17.3 Å². The van der Waals surface area contributed by atoms with Gasteiger partial charge in [-0.2, -0.15) is 0 Å². The van der Waals surface area contributed by atoms with Crippen molar-refractivity contribution in [3.05, 3.63) is 78.2 Å². The Morgan fingerprint density at radius 1 is 0.800 bits per heavy atom. The lowest BCUT2D eigenvalue weighted by Crippen LogP contribution is -2.38. The fourth-order valence-corrected chi connectivity index (χ4v) is 3.03. The van der Waals surface area contributed by atoms with Crippen LogP contribution in [0, 0.1) is 0 Å². The number of fused-ring (bicyclic) bond motifs is 1. The first-order valence-corrected chi connectivity index (χ1v) is 9.07. The molecule has 0 saturated carbocycles. The van der Waals surface area contributed by atoms with Crippen LogP contribution in [0.4, 0.5) is 5.82 Å². The van der Waals surface area contributed by atoms with Crippen LogP contribution in [0.1, 0.15) is 20.7 Å². The van der Waals surface area contributed by atoms with Gasteiger partial charge in [0.25, 0.3) is 11.8 Å². The van der Waals surface area contributed by atoms with Crippen molar-refractivity contribution in [3.8, 4) is 11.5 Å². The smallest absolute Gasteiger partial charge is 0.266 e. The number of amides is 2. The summed E-state index contributed by atoms with van der Waals surface area (Å²) in [5.41, 5.74) is 1.70. The number of anilines is 1. The topological polar surface area (TPSA) is 97.4 Å². The van der Waals surface area contributed by atoms with E-state index in [9.17, 15) is 9.59 Å². The van der Waals surface area contributed by atoms with Crippen LogP contribution >= 0.6 is 0 Å². The second-order valence-corrected chi connectivity index (χ2v) is 6.34. The Labute approximate surface area is 172 Å². The van der Waals surface area contributed by atoms with E-state index >= 15 is 0 Å². The maximum absolute atomic E-state index is 13.4. The van der Waals surface area contributed by atoms with Gasteiger partial charge in [0.1, 0.15) is 17.0 Å². The van der Waals surface area contributed by atoms with Crippen molar-refractivity contribution in [3.63, 3.8) is 0 Å². The van der Waals surface area contributed by atoms with Gasteiger partial charge in [-0.25, -0.2) is 14.9 Å². The average Bonchev–Trinajstić information content (AvgIpc) is 3.29. The number of H-pyrrole nitrogens is 1. The summed E-state index contributed by atoms with van der Waals surface area (Å²) >= 11 is 0. The summed E-state index contributed by atoms with van der Waals surface area (Å²) in [5.74, 6) is 0.303. The van der Waals surface area contributed by atoms with Crippen molar-refractivity contribution >= 4 is 28.7 Å². The maximum atomic E-state index is 13.4. The number of aromatic amines is 1. The molecule has 4 rings (SSSR count). The molecule has 0 atom stereocenters. The van der Waals surface area contributed by atoms with Crippen LogP contribution in [0.15, 0.2) is 67.1 Å². The number of imidazole rings is 1. The number of imide groups is 1. The van der Waals surface area contributed by atoms with Gasteiger partial charge in [-0.1, -0.05) is 0 Å². The number of aromatic nitrogens is 3. The largest absolute Gasteiger partial charge is 0.497 e. The molecule has 30 heavy (non-hydrogen) atoms. The third-order valence-electron chi connectivity index (χ3n) is 4.61. The fraction of sp³-hybridized carbons (Fsp3) is 0.0909. The molecule has 2 amide bonds. The van der Waals surface area contributed by atoms with Crippen LogP contribution in [-0.4, -0.2) is 41.0 Å². The van der Waals surface area contributed by atoms with Crippen molar-refractivity contribution in [1.29, 1.82) is 0 Å². The predicted octanol–water partition coefficient (Wildman–Crippen LogP) is 3.46. The number of ether oxygens (including phenoxy) is 2. The number of hydrogen-bond donors (Lipinski definition) is 1. The minimum Gasteiger partial charge on any atom is -0.497 e. The van der Waals surface area contributed by atoms with Crippen molar-refractivity contribution < 1.29 is 19.1 Å². The highest BCUT2D eigenvalue weighted by Gasteiger charge is 2.29. The highest BCUT2D eigenvalue weighted by Crippen LogP contribution is 2.26. The van der Waals surface area contributed by atoms with Crippen molar-refractivity contribution in [2.45, 2.75) is 0 Å². The Bertz CT molecular complexity index is 1140. The Morgan fingerprint density at radius 2 is 1.33 bits per heavy atom. The van der Waals surface area contributed by atoms with Crippen LogP contribution in [0.3, 0.4) is 0 Å². The Balaban J connectivity index is 1.82. The van der Waals surface area contributed by atoms with Crippen LogP contribution in [-0.2, 0) is 0 Å². The lowest BCUT2D eigenvalue weighted by Gasteiger charge is -2.20. The fourth-order valence-electron chi connectivity index (χ4n) is 3.03. The number of methoxy groups -OCH3 is 2. The number of carbonyl (C=O) groups is 2. The summed E-state index contributed by atoms with van der Waals surface area (Å²) in [6.45, 7) is 0. The molecule has 0 radical (unpaired) electrons. The molecule has 0 aliphatic carbocycles. The normalized spacial score (nSPS) is 10.6.